The molecule has 0 radical (unpaired) electrons. The van der Waals surface area contributed by atoms with Gasteiger partial charge in [-0.2, -0.15) is 0 Å². The topological polar surface area (TPSA) is 0 Å². The van der Waals surface area contributed by atoms with E-state index in [9.17, 15) is 0 Å². The molecule has 0 saturated carbocycles. The summed E-state index contributed by atoms with van der Waals surface area (Å²) in [4.78, 5) is 10.8. The van der Waals surface area contributed by atoms with Gasteiger partial charge in [-0.05, 0) is 120 Å². The molecule has 0 saturated heterocycles. The molecule has 4 aliphatic heterocycles. The van der Waals surface area contributed by atoms with E-state index in [4.69, 9.17) is 0 Å². The Kier molecular flexibility index (Phi) is 10.3. The molecule has 0 aromatic heterocycles. The van der Waals surface area contributed by atoms with Gasteiger partial charge in [-0.1, -0.05) is 269 Å². The zero-order valence-corrected chi connectivity index (χ0v) is 42.1. The standard InChI is InChI=1S/C66H40B2S4/c1-5-19-41(20-6-1)47-27-17-28-48(42-21-7-2-8-22-42)63(47)45-35-59-65-61(37-45)71-57-40-58-54(39-53(57)67(65)51-31-13-15-33-55(51)69-59)68-52-32-14-16-34-56(52)70-60-36-46(38-62(72-58)66(60)68)64-49(43-23-9-3-10-24-43)29-18-30-50(64)44-25-11-4-12-26-44/h1-40H. The molecule has 0 bridgehead atoms. The van der Waals surface area contributed by atoms with Crippen LogP contribution in [0.25, 0.3) is 66.8 Å². The average Bonchev–Trinajstić information content (AvgIpc) is 3.45. The molecule has 0 N–H and O–H groups in total. The highest BCUT2D eigenvalue weighted by atomic mass is 32.2. The highest BCUT2D eigenvalue weighted by molar-refractivity contribution is 8.02. The van der Waals surface area contributed by atoms with Crippen LogP contribution in [-0.2, 0) is 0 Å². The van der Waals surface area contributed by atoms with E-state index in [1.165, 1.54) is 139 Å². The zero-order valence-electron chi connectivity index (χ0n) is 38.9. The van der Waals surface area contributed by atoms with Crippen LogP contribution in [0.4, 0.5) is 0 Å². The predicted octanol–water partition coefficient (Wildman–Crippen LogP) is 14.6. The molecule has 4 aliphatic rings. The summed E-state index contributed by atoms with van der Waals surface area (Å²) in [5.74, 6) is 0. The van der Waals surface area contributed by atoms with Crippen LogP contribution in [0.1, 0.15) is 0 Å². The maximum Gasteiger partial charge on any atom is 0.247 e. The summed E-state index contributed by atoms with van der Waals surface area (Å²) in [5.41, 5.74) is 23.5. The van der Waals surface area contributed by atoms with E-state index in [1.807, 2.05) is 47.0 Å². The van der Waals surface area contributed by atoms with E-state index in [0.717, 1.165) is 0 Å². The lowest BCUT2D eigenvalue weighted by molar-refractivity contribution is 1.29. The SMILES string of the molecule is c1ccc(-c2cccc(-c3ccccc3)c2-c2cc3c4c(c2)Sc2cc5c(cc2B4c2ccccc2S3)B2c3ccccc3Sc3cc(-c4c(-c6ccccc6)cccc4-c4ccccc4)cc(c32)S5)cc1. The average molecular weight is 983 g/mol. The first kappa shape index (κ1) is 42.6. The van der Waals surface area contributed by atoms with Crippen molar-refractivity contribution in [3.05, 3.63) is 243 Å². The van der Waals surface area contributed by atoms with Crippen molar-refractivity contribution in [2.45, 2.75) is 39.2 Å². The molecule has 11 aromatic carbocycles. The highest BCUT2D eigenvalue weighted by Gasteiger charge is 2.43. The summed E-state index contributed by atoms with van der Waals surface area (Å²) in [6.07, 6.45) is 0. The van der Waals surface area contributed by atoms with Crippen molar-refractivity contribution in [2.75, 3.05) is 0 Å². The summed E-state index contributed by atoms with van der Waals surface area (Å²) in [5, 5.41) is 0. The fraction of sp³-hybridized carbons (Fsp3) is 0. The zero-order chi connectivity index (χ0) is 47.3. The van der Waals surface area contributed by atoms with Crippen LogP contribution in [0.3, 0.4) is 0 Å². The minimum Gasteiger partial charge on any atom is -0.0911 e. The predicted molar refractivity (Wildman–Crippen MR) is 311 cm³/mol. The molecule has 0 atom stereocenters. The second kappa shape index (κ2) is 17.3. The molecule has 0 aliphatic carbocycles. The lowest BCUT2D eigenvalue weighted by atomic mass is 9.33. The number of hydrogen-bond donors (Lipinski definition) is 0. The van der Waals surface area contributed by atoms with E-state index >= 15 is 0 Å². The number of fused-ring (bicyclic) bond motifs is 8. The summed E-state index contributed by atoms with van der Waals surface area (Å²) < 4.78 is 0. The second-order valence-corrected chi connectivity index (χ2v) is 23.3. The van der Waals surface area contributed by atoms with Gasteiger partial charge >= 0.3 is 0 Å². The lowest BCUT2D eigenvalue weighted by Gasteiger charge is -2.37. The minimum atomic E-state index is 0.119. The summed E-state index contributed by atoms with van der Waals surface area (Å²) in [6.45, 7) is 0.238. The van der Waals surface area contributed by atoms with E-state index < -0.39 is 0 Å². The maximum absolute atomic E-state index is 2.64. The van der Waals surface area contributed by atoms with Crippen LogP contribution >= 0.6 is 47.0 Å². The Labute approximate surface area is 438 Å². The summed E-state index contributed by atoms with van der Waals surface area (Å²) in [6, 6.07) is 91.0. The Balaban J connectivity index is 0.930. The first-order valence-corrected chi connectivity index (χ1v) is 27.9. The summed E-state index contributed by atoms with van der Waals surface area (Å²) >= 11 is 7.82. The van der Waals surface area contributed by atoms with Gasteiger partial charge in [0.05, 0.1) is 0 Å². The molecule has 334 valence electrons. The van der Waals surface area contributed by atoms with Gasteiger partial charge in [0, 0.05) is 39.2 Å². The van der Waals surface area contributed by atoms with E-state index in [-0.39, 0.29) is 13.4 Å². The molecule has 4 heterocycles. The third-order valence-electron chi connectivity index (χ3n) is 14.9. The number of hydrogen-bond acceptors (Lipinski definition) is 4. The van der Waals surface area contributed by atoms with Crippen molar-refractivity contribution in [2.24, 2.45) is 0 Å². The van der Waals surface area contributed by atoms with Gasteiger partial charge in [0.25, 0.3) is 0 Å². The fourth-order valence-electron chi connectivity index (χ4n) is 11.8. The van der Waals surface area contributed by atoms with E-state index in [1.54, 1.807) is 0 Å². The van der Waals surface area contributed by atoms with Gasteiger partial charge in [-0.25, -0.2) is 0 Å². The normalized spacial score (nSPS) is 13.3. The molecule has 0 unspecified atom stereocenters. The quantitative estimate of drug-likeness (QED) is 0.152. The second-order valence-electron chi connectivity index (χ2n) is 19.0. The van der Waals surface area contributed by atoms with E-state index in [0.29, 0.717) is 0 Å². The molecule has 15 rings (SSSR count). The molecular formula is C66H40B2S4. The third kappa shape index (κ3) is 6.91. The van der Waals surface area contributed by atoms with Gasteiger partial charge in [-0.15, -0.1) is 0 Å². The smallest absolute Gasteiger partial charge is 0.0911 e. The van der Waals surface area contributed by atoms with Crippen LogP contribution < -0.4 is 32.8 Å². The molecule has 11 aromatic rings. The first-order chi connectivity index (χ1) is 35.7. The fourth-order valence-corrected chi connectivity index (χ4v) is 16.9. The van der Waals surface area contributed by atoms with Crippen molar-refractivity contribution in [3.8, 4) is 66.8 Å². The third-order valence-corrected chi connectivity index (χ3v) is 19.5. The number of benzene rings is 11. The molecule has 0 amide bonds. The largest absolute Gasteiger partial charge is 0.247 e. The van der Waals surface area contributed by atoms with Crippen LogP contribution in [0.5, 0.6) is 0 Å². The van der Waals surface area contributed by atoms with Crippen LogP contribution in [0, 0.1) is 0 Å². The Hall–Kier alpha value is -7.05. The molecule has 0 spiro atoms. The summed E-state index contributed by atoms with van der Waals surface area (Å²) in [7, 11) is 0. The van der Waals surface area contributed by atoms with Gasteiger partial charge in [-0.3, -0.25) is 0 Å². The molecular weight excluding hydrogens is 943 g/mol. The van der Waals surface area contributed by atoms with Crippen molar-refractivity contribution >= 4 is 93.2 Å². The molecule has 0 nitrogen and oxygen atoms in total. The van der Waals surface area contributed by atoms with Gasteiger partial charge < -0.3 is 0 Å². The number of rotatable bonds is 6. The van der Waals surface area contributed by atoms with Crippen molar-refractivity contribution < 1.29 is 0 Å². The first-order valence-electron chi connectivity index (χ1n) is 24.6. The van der Waals surface area contributed by atoms with Crippen LogP contribution in [0.2, 0.25) is 0 Å². The van der Waals surface area contributed by atoms with Gasteiger partial charge in [0.2, 0.25) is 13.4 Å². The van der Waals surface area contributed by atoms with Crippen LogP contribution in [0.15, 0.2) is 282 Å². The Bertz CT molecular complexity index is 3620. The molecule has 6 heteroatoms. The minimum absolute atomic E-state index is 0.119. The Morgan fingerprint density at radius 3 is 0.861 bits per heavy atom. The van der Waals surface area contributed by atoms with Gasteiger partial charge in [0.15, 0.2) is 0 Å². The van der Waals surface area contributed by atoms with E-state index in [2.05, 4.69) is 243 Å². The van der Waals surface area contributed by atoms with Crippen molar-refractivity contribution in [3.63, 3.8) is 0 Å². The Morgan fingerprint density at radius 1 is 0.208 bits per heavy atom. The van der Waals surface area contributed by atoms with Crippen molar-refractivity contribution in [1.82, 2.24) is 0 Å². The molecule has 72 heavy (non-hydrogen) atoms. The maximum atomic E-state index is 2.64. The lowest BCUT2D eigenvalue weighted by Crippen LogP contribution is -2.62. The highest BCUT2D eigenvalue weighted by Crippen LogP contribution is 2.49. The van der Waals surface area contributed by atoms with Crippen LogP contribution in [-0.4, -0.2) is 13.4 Å². The van der Waals surface area contributed by atoms with Gasteiger partial charge in [0.1, 0.15) is 0 Å². The Morgan fingerprint density at radius 2 is 0.514 bits per heavy atom. The van der Waals surface area contributed by atoms with Crippen molar-refractivity contribution in [1.29, 1.82) is 0 Å². The molecule has 0 fully saturated rings. The monoisotopic (exact) mass is 982 g/mol.